The maximum atomic E-state index is 6.26. The van der Waals surface area contributed by atoms with Crippen LogP contribution in [0.5, 0.6) is 5.75 Å². The number of hydrogen-bond donors (Lipinski definition) is 1. The van der Waals surface area contributed by atoms with Crippen molar-refractivity contribution >= 4 is 11.6 Å². The van der Waals surface area contributed by atoms with Gasteiger partial charge < -0.3 is 10.5 Å². The number of aromatic nitrogens is 2. The van der Waals surface area contributed by atoms with E-state index in [0.29, 0.717) is 11.6 Å². The number of benzene rings is 1. The molecule has 0 fully saturated rings. The van der Waals surface area contributed by atoms with Crippen LogP contribution >= 0.6 is 11.6 Å². The lowest BCUT2D eigenvalue weighted by Crippen LogP contribution is -2.16. The molecule has 0 amide bonds. The first-order chi connectivity index (χ1) is 9.13. The zero-order valence-corrected chi connectivity index (χ0v) is 11.9. The van der Waals surface area contributed by atoms with Crippen LogP contribution < -0.4 is 10.5 Å². The Labute approximate surface area is 118 Å². The fraction of sp³-hybridized carbons (Fsp3) is 0.357. The van der Waals surface area contributed by atoms with E-state index in [-0.39, 0.29) is 6.04 Å². The third-order valence-corrected chi connectivity index (χ3v) is 3.21. The van der Waals surface area contributed by atoms with E-state index in [9.17, 15) is 0 Å². The lowest BCUT2D eigenvalue weighted by molar-refractivity contribution is 0.317. The molecule has 0 radical (unpaired) electrons. The monoisotopic (exact) mass is 279 g/mol. The van der Waals surface area contributed by atoms with E-state index in [1.165, 1.54) is 0 Å². The molecule has 0 spiro atoms. The van der Waals surface area contributed by atoms with Crippen LogP contribution in [0.3, 0.4) is 0 Å². The summed E-state index contributed by atoms with van der Waals surface area (Å²) in [6.07, 6.45) is 2.58. The minimum absolute atomic E-state index is 0.315. The third kappa shape index (κ3) is 3.08. The first kappa shape index (κ1) is 13.9. The number of hydrogen-bond acceptors (Lipinski definition) is 3. The predicted octanol–water partition coefficient (Wildman–Crippen LogP) is 2.91. The summed E-state index contributed by atoms with van der Waals surface area (Å²) in [5.41, 5.74) is 8.02. The van der Waals surface area contributed by atoms with Crippen molar-refractivity contribution in [2.45, 2.75) is 19.4 Å². The molecule has 1 aromatic heterocycles. The van der Waals surface area contributed by atoms with E-state index in [1.54, 1.807) is 10.9 Å². The zero-order chi connectivity index (χ0) is 13.8. The van der Waals surface area contributed by atoms with Crippen LogP contribution in [0.15, 0.2) is 30.5 Å². The minimum Gasteiger partial charge on any atom is -0.494 e. The van der Waals surface area contributed by atoms with Gasteiger partial charge in [0.25, 0.3) is 0 Å². The molecule has 2 N–H and O–H groups in total. The fourth-order valence-corrected chi connectivity index (χ4v) is 2.23. The van der Waals surface area contributed by atoms with Gasteiger partial charge >= 0.3 is 0 Å². The first-order valence-corrected chi connectivity index (χ1v) is 6.67. The van der Waals surface area contributed by atoms with Crippen LogP contribution in [0.4, 0.5) is 0 Å². The normalized spacial score (nSPS) is 12.4. The topological polar surface area (TPSA) is 53.1 Å². The Hall–Kier alpha value is -1.52. The minimum atomic E-state index is -0.315. The summed E-state index contributed by atoms with van der Waals surface area (Å²) in [5, 5.41) is 4.69. The molecule has 0 aliphatic rings. The number of ether oxygens (including phenoxy) is 1. The van der Waals surface area contributed by atoms with E-state index in [0.717, 1.165) is 23.4 Å². The number of aryl methyl sites for hydroxylation is 1. The van der Waals surface area contributed by atoms with Gasteiger partial charge in [-0.1, -0.05) is 30.7 Å². The van der Waals surface area contributed by atoms with Gasteiger partial charge in [0.05, 0.1) is 29.6 Å². The van der Waals surface area contributed by atoms with Gasteiger partial charge in [0, 0.05) is 7.05 Å². The summed E-state index contributed by atoms with van der Waals surface area (Å²) in [6.45, 7) is 2.77. The second-order valence-electron chi connectivity index (χ2n) is 4.40. The molecule has 0 saturated carbocycles. The van der Waals surface area contributed by atoms with Crippen molar-refractivity contribution in [2.24, 2.45) is 12.8 Å². The van der Waals surface area contributed by atoms with Crippen LogP contribution in [0.25, 0.3) is 0 Å². The number of nitrogens with two attached hydrogens (primary N) is 1. The van der Waals surface area contributed by atoms with Gasteiger partial charge in [-0.3, -0.25) is 4.68 Å². The predicted molar refractivity (Wildman–Crippen MR) is 76.5 cm³/mol. The van der Waals surface area contributed by atoms with Crippen molar-refractivity contribution in [1.82, 2.24) is 9.78 Å². The molecule has 0 aliphatic heterocycles. The molecule has 19 heavy (non-hydrogen) atoms. The molecule has 1 heterocycles. The fourth-order valence-electron chi connectivity index (χ4n) is 1.95. The van der Waals surface area contributed by atoms with Crippen LogP contribution in [0, 0.1) is 0 Å². The molecule has 1 atom stereocenters. The van der Waals surface area contributed by atoms with Gasteiger partial charge in [-0.25, -0.2) is 0 Å². The largest absolute Gasteiger partial charge is 0.494 e. The van der Waals surface area contributed by atoms with E-state index in [1.807, 2.05) is 31.3 Å². The van der Waals surface area contributed by atoms with Crippen LogP contribution in [-0.2, 0) is 7.05 Å². The summed E-state index contributed by atoms with van der Waals surface area (Å²) < 4.78 is 7.31. The molecule has 5 heteroatoms. The summed E-state index contributed by atoms with van der Waals surface area (Å²) >= 11 is 6.12. The van der Waals surface area contributed by atoms with Crippen molar-refractivity contribution < 1.29 is 4.74 Å². The standard InChI is InChI=1S/C14H18ClN3O/c1-3-7-19-11-6-4-5-10(8-11)13(16)14-12(15)9-17-18(14)2/h4-6,8-9,13H,3,7,16H2,1-2H3. The molecular weight excluding hydrogens is 262 g/mol. The van der Waals surface area contributed by atoms with Crippen molar-refractivity contribution in [1.29, 1.82) is 0 Å². The Balaban J connectivity index is 2.26. The SMILES string of the molecule is CCCOc1cccc(C(N)c2c(Cl)cnn2C)c1. The summed E-state index contributed by atoms with van der Waals surface area (Å²) in [4.78, 5) is 0. The molecule has 0 saturated heterocycles. The van der Waals surface area contributed by atoms with Crippen molar-refractivity contribution in [3.8, 4) is 5.75 Å². The van der Waals surface area contributed by atoms with E-state index >= 15 is 0 Å². The highest BCUT2D eigenvalue weighted by molar-refractivity contribution is 6.31. The second kappa shape index (κ2) is 6.08. The average Bonchev–Trinajstić information content (AvgIpc) is 2.75. The van der Waals surface area contributed by atoms with Gasteiger partial charge in [-0.05, 0) is 24.1 Å². The highest BCUT2D eigenvalue weighted by Crippen LogP contribution is 2.27. The van der Waals surface area contributed by atoms with Gasteiger partial charge in [0.2, 0.25) is 0 Å². The van der Waals surface area contributed by atoms with E-state index in [2.05, 4.69) is 12.0 Å². The van der Waals surface area contributed by atoms with Gasteiger partial charge in [0.1, 0.15) is 5.75 Å². The Kier molecular flexibility index (Phi) is 4.45. The molecule has 102 valence electrons. The van der Waals surface area contributed by atoms with E-state index < -0.39 is 0 Å². The Morgan fingerprint density at radius 2 is 2.26 bits per heavy atom. The first-order valence-electron chi connectivity index (χ1n) is 6.29. The summed E-state index contributed by atoms with van der Waals surface area (Å²) in [5.74, 6) is 0.827. The molecule has 0 bridgehead atoms. The number of nitrogens with zero attached hydrogens (tertiary/aromatic N) is 2. The maximum absolute atomic E-state index is 6.26. The van der Waals surface area contributed by atoms with Crippen LogP contribution in [-0.4, -0.2) is 16.4 Å². The lowest BCUT2D eigenvalue weighted by atomic mass is 10.0. The molecule has 4 nitrogen and oxygen atoms in total. The quantitative estimate of drug-likeness (QED) is 0.916. The molecule has 2 rings (SSSR count). The maximum Gasteiger partial charge on any atom is 0.119 e. The molecular formula is C14H18ClN3O. The molecule has 0 aliphatic carbocycles. The molecule has 1 unspecified atom stereocenters. The third-order valence-electron chi connectivity index (χ3n) is 2.92. The number of rotatable bonds is 5. The summed E-state index contributed by atoms with van der Waals surface area (Å²) in [6, 6.07) is 7.46. The van der Waals surface area contributed by atoms with Gasteiger partial charge in [0.15, 0.2) is 0 Å². The van der Waals surface area contributed by atoms with Crippen molar-refractivity contribution in [2.75, 3.05) is 6.61 Å². The summed E-state index contributed by atoms with van der Waals surface area (Å²) in [7, 11) is 1.83. The van der Waals surface area contributed by atoms with Gasteiger partial charge in [-0.2, -0.15) is 5.10 Å². The second-order valence-corrected chi connectivity index (χ2v) is 4.81. The zero-order valence-electron chi connectivity index (χ0n) is 11.1. The van der Waals surface area contributed by atoms with Crippen molar-refractivity contribution in [3.05, 3.63) is 46.7 Å². The van der Waals surface area contributed by atoms with Crippen LogP contribution in [0.1, 0.15) is 30.6 Å². The molecule has 2 aromatic rings. The molecule has 1 aromatic carbocycles. The van der Waals surface area contributed by atoms with Crippen LogP contribution in [0.2, 0.25) is 5.02 Å². The smallest absolute Gasteiger partial charge is 0.119 e. The highest BCUT2D eigenvalue weighted by Gasteiger charge is 2.17. The Bertz CT molecular complexity index is 534. The average molecular weight is 280 g/mol. The highest BCUT2D eigenvalue weighted by atomic mass is 35.5. The Morgan fingerprint density at radius 1 is 1.47 bits per heavy atom. The van der Waals surface area contributed by atoms with Gasteiger partial charge in [-0.15, -0.1) is 0 Å². The number of halogens is 1. The Morgan fingerprint density at radius 3 is 2.89 bits per heavy atom. The van der Waals surface area contributed by atoms with Crippen molar-refractivity contribution in [3.63, 3.8) is 0 Å². The van der Waals surface area contributed by atoms with E-state index in [4.69, 9.17) is 22.1 Å². The lowest BCUT2D eigenvalue weighted by Gasteiger charge is -2.14.